The van der Waals surface area contributed by atoms with Crippen LogP contribution in [0.25, 0.3) is 11.1 Å². The number of ether oxygens (including phenoxy) is 1. The zero-order valence-corrected chi connectivity index (χ0v) is 16.7. The van der Waals surface area contributed by atoms with Gasteiger partial charge in [-0.3, -0.25) is 0 Å². The summed E-state index contributed by atoms with van der Waals surface area (Å²) in [6.45, 7) is 0. The number of aromatic nitrogens is 2. The number of aryl methyl sites for hydroxylation is 1. The minimum atomic E-state index is -0.497. The van der Waals surface area contributed by atoms with Crippen molar-refractivity contribution in [1.29, 1.82) is 0 Å². The lowest BCUT2D eigenvalue weighted by atomic mass is 9.96. The lowest BCUT2D eigenvalue weighted by molar-refractivity contribution is 0.121. The molecule has 0 bridgehead atoms. The Balaban J connectivity index is 1.52. The third-order valence-electron chi connectivity index (χ3n) is 5.53. The largest absolute Gasteiger partial charge is 0.486 e. The van der Waals surface area contributed by atoms with Gasteiger partial charge in [-0.25, -0.2) is 14.4 Å². The van der Waals surface area contributed by atoms with E-state index in [0.717, 1.165) is 60.2 Å². The molecule has 2 aliphatic carbocycles. The van der Waals surface area contributed by atoms with Gasteiger partial charge < -0.3 is 15.2 Å². The minimum absolute atomic E-state index is 0.151. The SMILES string of the molecule is OC1CCCc2sc(Nc3nccc(-c4cccc(F)c4)c3OC3CCC3)nc21. The van der Waals surface area contributed by atoms with Crippen LogP contribution >= 0.6 is 11.3 Å². The van der Waals surface area contributed by atoms with Crippen LogP contribution in [-0.2, 0) is 6.42 Å². The molecule has 0 spiro atoms. The summed E-state index contributed by atoms with van der Waals surface area (Å²) in [6.07, 6.45) is 7.18. The molecule has 3 aromatic rings. The van der Waals surface area contributed by atoms with E-state index in [1.165, 1.54) is 12.1 Å². The first-order valence-corrected chi connectivity index (χ1v) is 10.9. The zero-order valence-electron chi connectivity index (χ0n) is 15.9. The maximum absolute atomic E-state index is 13.8. The molecule has 150 valence electrons. The Morgan fingerprint density at radius 1 is 1.17 bits per heavy atom. The predicted molar refractivity (Wildman–Crippen MR) is 111 cm³/mol. The van der Waals surface area contributed by atoms with Crippen LogP contribution in [0.3, 0.4) is 0 Å². The number of aliphatic hydroxyl groups is 1. The Hall–Kier alpha value is -2.51. The first kappa shape index (κ1) is 18.5. The molecular weight excluding hydrogens is 389 g/mol. The van der Waals surface area contributed by atoms with E-state index in [1.807, 2.05) is 12.1 Å². The number of nitrogens with one attached hydrogen (secondary N) is 1. The number of pyridine rings is 1. The van der Waals surface area contributed by atoms with E-state index in [1.54, 1.807) is 23.6 Å². The fraction of sp³-hybridized carbons (Fsp3) is 0.364. The monoisotopic (exact) mass is 411 g/mol. The number of halogens is 1. The summed E-state index contributed by atoms with van der Waals surface area (Å²) < 4.78 is 20.1. The predicted octanol–water partition coefficient (Wildman–Crippen LogP) is 5.39. The highest BCUT2D eigenvalue weighted by atomic mass is 32.1. The molecule has 29 heavy (non-hydrogen) atoms. The normalized spacial score (nSPS) is 18.8. The average molecular weight is 412 g/mol. The van der Waals surface area contributed by atoms with Gasteiger partial charge in [0.15, 0.2) is 16.7 Å². The number of hydrogen-bond acceptors (Lipinski definition) is 6. The van der Waals surface area contributed by atoms with Crippen molar-refractivity contribution >= 4 is 22.3 Å². The van der Waals surface area contributed by atoms with Gasteiger partial charge >= 0.3 is 0 Å². The van der Waals surface area contributed by atoms with E-state index in [0.29, 0.717) is 16.7 Å². The highest BCUT2D eigenvalue weighted by molar-refractivity contribution is 7.15. The van der Waals surface area contributed by atoms with Crippen LogP contribution in [-0.4, -0.2) is 21.2 Å². The molecule has 7 heteroatoms. The van der Waals surface area contributed by atoms with Crippen LogP contribution in [0.1, 0.15) is 48.8 Å². The van der Waals surface area contributed by atoms with Gasteiger partial charge in [0.2, 0.25) is 0 Å². The second-order valence-electron chi connectivity index (χ2n) is 7.58. The molecular formula is C22H22FN3O2S. The summed E-state index contributed by atoms with van der Waals surface area (Å²) in [4.78, 5) is 10.2. The van der Waals surface area contributed by atoms with Crippen LogP contribution in [0.15, 0.2) is 36.5 Å². The number of hydrogen-bond donors (Lipinski definition) is 2. The van der Waals surface area contributed by atoms with E-state index in [-0.39, 0.29) is 11.9 Å². The van der Waals surface area contributed by atoms with Crippen LogP contribution in [0.5, 0.6) is 5.75 Å². The van der Waals surface area contributed by atoms with Crippen LogP contribution in [0.4, 0.5) is 15.3 Å². The fourth-order valence-electron chi connectivity index (χ4n) is 3.75. The summed E-state index contributed by atoms with van der Waals surface area (Å²) in [7, 11) is 0. The van der Waals surface area contributed by atoms with Crippen molar-refractivity contribution in [3.8, 4) is 16.9 Å². The number of benzene rings is 1. The molecule has 1 saturated carbocycles. The third kappa shape index (κ3) is 3.72. The van der Waals surface area contributed by atoms with Gasteiger partial charge in [0, 0.05) is 16.6 Å². The molecule has 0 aliphatic heterocycles. The summed E-state index contributed by atoms with van der Waals surface area (Å²) in [5, 5.41) is 14.2. The summed E-state index contributed by atoms with van der Waals surface area (Å²) in [5.41, 5.74) is 2.32. The molecule has 0 radical (unpaired) electrons. The smallest absolute Gasteiger partial charge is 0.188 e. The van der Waals surface area contributed by atoms with Gasteiger partial charge in [-0.1, -0.05) is 12.1 Å². The fourth-order valence-corrected chi connectivity index (χ4v) is 4.80. The Morgan fingerprint density at radius 2 is 2.07 bits per heavy atom. The van der Waals surface area contributed by atoms with E-state index in [4.69, 9.17) is 4.74 Å². The van der Waals surface area contributed by atoms with Gasteiger partial charge in [0.05, 0.1) is 17.9 Å². The van der Waals surface area contributed by atoms with E-state index in [9.17, 15) is 9.50 Å². The average Bonchev–Trinajstić information content (AvgIpc) is 3.09. The summed E-state index contributed by atoms with van der Waals surface area (Å²) >= 11 is 1.55. The number of nitrogens with zero attached hydrogens (tertiary/aromatic N) is 2. The number of anilines is 2. The third-order valence-corrected chi connectivity index (χ3v) is 6.57. The lowest BCUT2D eigenvalue weighted by Crippen LogP contribution is -2.25. The highest BCUT2D eigenvalue weighted by Gasteiger charge is 2.26. The molecule has 2 heterocycles. The molecule has 1 atom stereocenters. The molecule has 0 amide bonds. The summed E-state index contributed by atoms with van der Waals surface area (Å²) in [5.74, 6) is 0.903. The van der Waals surface area contributed by atoms with Crippen LogP contribution < -0.4 is 10.1 Å². The van der Waals surface area contributed by atoms with Gasteiger partial charge in [-0.05, 0) is 62.3 Å². The Kier molecular flexibility index (Phi) is 4.93. The van der Waals surface area contributed by atoms with Crippen molar-refractivity contribution in [3.05, 3.63) is 52.9 Å². The topological polar surface area (TPSA) is 67.3 Å². The summed E-state index contributed by atoms with van der Waals surface area (Å²) in [6, 6.07) is 8.35. The van der Waals surface area contributed by atoms with Gasteiger partial charge in [-0.2, -0.15) is 0 Å². The van der Waals surface area contributed by atoms with Crippen molar-refractivity contribution in [1.82, 2.24) is 9.97 Å². The standard InChI is InChI=1S/C22H22FN3O2S/c23-14-5-1-4-13(12-14)16-10-11-24-21(20(16)28-15-6-2-7-15)26-22-25-19-17(27)8-3-9-18(19)29-22/h1,4-5,10-12,15,17,27H,2-3,6-9H2,(H,24,25,26). The Labute approximate surface area is 172 Å². The van der Waals surface area contributed by atoms with Crippen molar-refractivity contribution in [2.24, 2.45) is 0 Å². The molecule has 2 aliphatic rings. The van der Waals surface area contributed by atoms with Crippen LogP contribution in [0.2, 0.25) is 0 Å². The van der Waals surface area contributed by atoms with Gasteiger partial charge in [-0.15, -0.1) is 11.3 Å². The van der Waals surface area contributed by atoms with E-state index >= 15 is 0 Å². The number of fused-ring (bicyclic) bond motifs is 1. The van der Waals surface area contributed by atoms with Crippen molar-refractivity contribution < 1.29 is 14.2 Å². The van der Waals surface area contributed by atoms with Gasteiger partial charge in [0.1, 0.15) is 5.82 Å². The Morgan fingerprint density at radius 3 is 2.83 bits per heavy atom. The zero-order chi connectivity index (χ0) is 19.8. The molecule has 1 aromatic carbocycles. The molecule has 0 saturated heterocycles. The molecule has 1 fully saturated rings. The second-order valence-corrected chi connectivity index (χ2v) is 8.66. The van der Waals surface area contributed by atoms with Gasteiger partial charge in [0.25, 0.3) is 0 Å². The number of rotatable bonds is 5. The minimum Gasteiger partial charge on any atom is -0.486 e. The lowest BCUT2D eigenvalue weighted by Gasteiger charge is -2.28. The quantitative estimate of drug-likeness (QED) is 0.589. The maximum Gasteiger partial charge on any atom is 0.188 e. The van der Waals surface area contributed by atoms with Crippen molar-refractivity contribution in [2.45, 2.75) is 50.7 Å². The first-order valence-electron chi connectivity index (χ1n) is 10.0. The molecule has 2 N–H and O–H groups in total. The number of aliphatic hydroxyl groups excluding tert-OH is 1. The van der Waals surface area contributed by atoms with E-state index < -0.39 is 6.10 Å². The highest BCUT2D eigenvalue weighted by Crippen LogP contribution is 2.41. The second kappa shape index (κ2) is 7.72. The Bertz CT molecular complexity index is 1030. The van der Waals surface area contributed by atoms with E-state index in [2.05, 4.69) is 15.3 Å². The molecule has 5 rings (SSSR count). The van der Waals surface area contributed by atoms with Crippen LogP contribution in [0, 0.1) is 5.82 Å². The molecule has 5 nitrogen and oxygen atoms in total. The molecule has 1 unspecified atom stereocenters. The van der Waals surface area contributed by atoms with Crippen molar-refractivity contribution in [3.63, 3.8) is 0 Å². The maximum atomic E-state index is 13.8. The first-order chi connectivity index (χ1) is 14.2. The number of thiazole rings is 1. The van der Waals surface area contributed by atoms with Crippen molar-refractivity contribution in [2.75, 3.05) is 5.32 Å². The molecule has 2 aromatic heterocycles.